The lowest BCUT2D eigenvalue weighted by atomic mass is 10.0. The summed E-state index contributed by atoms with van der Waals surface area (Å²) in [4.78, 5) is 0. The lowest BCUT2D eigenvalue weighted by molar-refractivity contribution is -0.0719. The normalized spacial score (nSPS) is 16.4. The molecule has 0 aliphatic heterocycles. The molecule has 2 nitrogen and oxygen atoms in total. The summed E-state index contributed by atoms with van der Waals surface area (Å²) in [6.45, 7) is 7.01. The molecule has 0 aromatic rings. The number of aliphatic hydroxyl groups excluding tert-OH is 1. The first-order valence-electron chi connectivity index (χ1n) is 4.43. The lowest BCUT2D eigenvalue weighted by Crippen LogP contribution is -2.33. The Hall–Kier alpha value is -0.0800. The smallest absolute Gasteiger partial charge is 0.0884 e. The molecule has 68 valence electrons. The molecular weight excluding hydrogens is 140 g/mol. The summed E-state index contributed by atoms with van der Waals surface area (Å²) in [5, 5.41) is 9.02. The minimum absolute atomic E-state index is 0.126. The van der Waals surface area contributed by atoms with E-state index in [9.17, 15) is 0 Å². The molecule has 0 amide bonds. The molecule has 0 bridgehead atoms. The molecule has 0 saturated heterocycles. The van der Waals surface area contributed by atoms with Gasteiger partial charge in [-0.25, -0.2) is 0 Å². The van der Waals surface area contributed by atoms with Crippen LogP contribution in [0.15, 0.2) is 0 Å². The molecule has 1 N–H and O–H groups in total. The van der Waals surface area contributed by atoms with Crippen molar-refractivity contribution in [1.82, 2.24) is 0 Å². The van der Waals surface area contributed by atoms with Crippen molar-refractivity contribution in [3.05, 3.63) is 0 Å². The first kappa shape index (κ1) is 10.9. The van der Waals surface area contributed by atoms with Gasteiger partial charge >= 0.3 is 0 Å². The van der Waals surface area contributed by atoms with Crippen LogP contribution in [0.2, 0.25) is 0 Å². The second-order valence-corrected chi connectivity index (χ2v) is 3.21. The number of hydrogen-bond donors (Lipinski definition) is 1. The molecule has 0 aromatic heterocycles. The van der Waals surface area contributed by atoms with Gasteiger partial charge in [0.2, 0.25) is 0 Å². The van der Waals surface area contributed by atoms with E-state index in [1.54, 1.807) is 0 Å². The van der Waals surface area contributed by atoms with E-state index in [1.807, 2.05) is 6.92 Å². The maximum Gasteiger partial charge on any atom is 0.0884 e. The van der Waals surface area contributed by atoms with Crippen molar-refractivity contribution in [2.45, 2.75) is 45.6 Å². The maximum atomic E-state index is 9.02. The molecule has 0 fully saturated rings. The standard InChI is InChI=1S/C9H20O2/c1-4-6-9(3,8-10)11-7-5-2/h10H,4-8H2,1-3H3. The Morgan fingerprint density at radius 3 is 2.27 bits per heavy atom. The first-order chi connectivity index (χ1) is 5.18. The number of aliphatic hydroxyl groups is 1. The second-order valence-electron chi connectivity index (χ2n) is 3.21. The number of ether oxygens (including phenoxy) is 1. The van der Waals surface area contributed by atoms with Gasteiger partial charge in [-0.1, -0.05) is 20.3 Å². The highest BCUT2D eigenvalue weighted by Gasteiger charge is 2.21. The van der Waals surface area contributed by atoms with Gasteiger partial charge in [0, 0.05) is 6.61 Å². The van der Waals surface area contributed by atoms with E-state index in [1.165, 1.54) is 0 Å². The Morgan fingerprint density at radius 2 is 1.91 bits per heavy atom. The average molecular weight is 160 g/mol. The predicted octanol–water partition coefficient (Wildman–Crippen LogP) is 1.96. The topological polar surface area (TPSA) is 29.5 Å². The van der Waals surface area contributed by atoms with Crippen molar-refractivity contribution in [1.29, 1.82) is 0 Å². The number of hydrogen-bond acceptors (Lipinski definition) is 2. The Bertz CT molecular complexity index is 93.6. The van der Waals surface area contributed by atoms with E-state index in [4.69, 9.17) is 9.84 Å². The van der Waals surface area contributed by atoms with Crippen LogP contribution in [0.5, 0.6) is 0 Å². The van der Waals surface area contributed by atoms with Crippen LogP contribution in [0.25, 0.3) is 0 Å². The van der Waals surface area contributed by atoms with E-state index in [-0.39, 0.29) is 12.2 Å². The fraction of sp³-hybridized carbons (Fsp3) is 1.00. The molecular formula is C9H20O2. The summed E-state index contributed by atoms with van der Waals surface area (Å²) >= 11 is 0. The highest BCUT2D eigenvalue weighted by Crippen LogP contribution is 2.16. The van der Waals surface area contributed by atoms with Crippen molar-refractivity contribution in [2.24, 2.45) is 0 Å². The van der Waals surface area contributed by atoms with Crippen molar-refractivity contribution in [2.75, 3.05) is 13.2 Å². The molecule has 0 aliphatic carbocycles. The highest BCUT2D eigenvalue weighted by atomic mass is 16.5. The third kappa shape index (κ3) is 4.38. The summed E-state index contributed by atoms with van der Waals surface area (Å²) in [6.07, 6.45) is 3.00. The van der Waals surface area contributed by atoms with Crippen LogP contribution < -0.4 is 0 Å². The van der Waals surface area contributed by atoms with Gasteiger partial charge in [-0.05, 0) is 19.8 Å². The average Bonchev–Trinajstić information content (AvgIpc) is 2.02. The quantitative estimate of drug-likeness (QED) is 0.643. The van der Waals surface area contributed by atoms with E-state index in [0.29, 0.717) is 0 Å². The lowest BCUT2D eigenvalue weighted by Gasteiger charge is -2.27. The van der Waals surface area contributed by atoms with Crippen LogP contribution in [0.1, 0.15) is 40.0 Å². The summed E-state index contributed by atoms with van der Waals surface area (Å²) in [5.41, 5.74) is -0.301. The first-order valence-corrected chi connectivity index (χ1v) is 4.43. The monoisotopic (exact) mass is 160 g/mol. The van der Waals surface area contributed by atoms with Crippen LogP contribution in [0, 0.1) is 0 Å². The molecule has 11 heavy (non-hydrogen) atoms. The zero-order chi connectivity index (χ0) is 8.74. The summed E-state index contributed by atoms with van der Waals surface area (Å²) in [5.74, 6) is 0. The summed E-state index contributed by atoms with van der Waals surface area (Å²) < 4.78 is 5.52. The van der Waals surface area contributed by atoms with Gasteiger partial charge in [0.25, 0.3) is 0 Å². The van der Waals surface area contributed by atoms with Crippen molar-refractivity contribution < 1.29 is 9.84 Å². The van der Waals surface area contributed by atoms with Crippen molar-refractivity contribution in [3.63, 3.8) is 0 Å². The Balaban J connectivity index is 3.68. The molecule has 0 saturated carbocycles. The Labute approximate surface area is 69.6 Å². The third-order valence-electron chi connectivity index (χ3n) is 1.77. The Kier molecular flexibility index (Phi) is 5.51. The highest BCUT2D eigenvalue weighted by molar-refractivity contribution is 4.72. The fourth-order valence-corrected chi connectivity index (χ4v) is 1.07. The van der Waals surface area contributed by atoms with Gasteiger partial charge in [-0.2, -0.15) is 0 Å². The van der Waals surface area contributed by atoms with E-state index in [0.717, 1.165) is 25.9 Å². The van der Waals surface area contributed by atoms with E-state index in [2.05, 4.69) is 13.8 Å². The zero-order valence-electron chi connectivity index (χ0n) is 7.89. The van der Waals surface area contributed by atoms with Crippen molar-refractivity contribution >= 4 is 0 Å². The fourth-order valence-electron chi connectivity index (χ4n) is 1.07. The van der Waals surface area contributed by atoms with Crippen LogP contribution in [0.3, 0.4) is 0 Å². The zero-order valence-corrected chi connectivity index (χ0v) is 7.89. The Morgan fingerprint density at radius 1 is 1.27 bits per heavy atom. The molecule has 0 aliphatic rings. The molecule has 0 heterocycles. The molecule has 0 spiro atoms. The minimum Gasteiger partial charge on any atom is -0.393 e. The summed E-state index contributed by atoms with van der Waals surface area (Å²) in [6, 6.07) is 0. The molecule has 1 unspecified atom stereocenters. The van der Waals surface area contributed by atoms with Gasteiger partial charge < -0.3 is 9.84 Å². The predicted molar refractivity (Wildman–Crippen MR) is 46.6 cm³/mol. The van der Waals surface area contributed by atoms with Gasteiger partial charge in [0.1, 0.15) is 0 Å². The molecule has 0 radical (unpaired) electrons. The van der Waals surface area contributed by atoms with Crippen molar-refractivity contribution in [3.8, 4) is 0 Å². The van der Waals surface area contributed by atoms with Crippen LogP contribution in [-0.2, 0) is 4.74 Å². The second kappa shape index (κ2) is 5.56. The maximum absolute atomic E-state index is 9.02. The van der Waals surface area contributed by atoms with Crippen LogP contribution >= 0.6 is 0 Å². The van der Waals surface area contributed by atoms with Crippen LogP contribution in [-0.4, -0.2) is 23.9 Å². The SMILES string of the molecule is CCCOC(C)(CO)CCC. The van der Waals surface area contributed by atoms with Gasteiger partial charge in [0.05, 0.1) is 12.2 Å². The van der Waals surface area contributed by atoms with Gasteiger partial charge in [0.15, 0.2) is 0 Å². The third-order valence-corrected chi connectivity index (χ3v) is 1.77. The number of rotatable bonds is 6. The molecule has 2 heteroatoms. The molecule has 0 rings (SSSR count). The molecule has 1 atom stereocenters. The minimum atomic E-state index is -0.301. The molecule has 0 aromatic carbocycles. The van der Waals surface area contributed by atoms with Crippen LogP contribution in [0.4, 0.5) is 0 Å². The largest absolute Gasteiger partial charge is 0.393 e. The van der Waals surface area contributed by atoms with E-state index < -0.39 is 0 Å². The summed E-state index contributed by atoms with van der Waals surface area (Å²) in [7, 11) is 0. The van der Waals surface area contributed by atoms with E-state index >= 15 is 0 Å². The van der Waals surface area contributed by atoms with Gasteiger partial charge in [-0.3, -0.25) is 0 Å². The van der Waals surface area contributed by atoms with Gasteiger partial charge in [-0.15, -0.1) is 0 Å².